The van der Waals surface area contributed by atoms with Gasteiger partial charge in [0.25, 0.3) is 5.91 Å². The van der Waals surface area contributed by atoms with E-state index >= 15 is 4.79 Å². The molecule has 3 aromatic rings. The zero-order valence-electron chi connectivity index (χ0n) is 35.8. The van der Waals surface area contributed by atoms with Crippen LogP contribution in [0.2, 0.25) is 0 Å². The summed E-state index contributed by atoms with van der Waals surface area (Å²) < 4.78 is 36.7. The minimum atomic E-state index is -2.34. The molecule has 1 amide bonds. The van der Waals surface area contributed by atoms with Crippen LogP contribution in [0.3, 0.4) is 0 Å². The van der Waals surface area contributed by atoms with E-state index in [1.54, 1.807) is 107 Å². The molecule has 0 spiro atoms. The Balaban J connectivity index is 1.40. The highest BCUT2D eigenvalue weighted by Gasteiger charge is 2.78. The van der Waals surface area contributed by atoms with Crippen LogP contribution >= 0.6 is 9.47 Å². The zero-order chi connectivity index (χ0) is 45.6. The molecule has 0 aromatic heterocycles. The molecule has 2 bridgehead atoms. The van der Waals surface area contributed by atoms with Crippen molar-refractivity contribution in [2.24, 2.45) is 16.7 Å². The molecule has 334 valence electrons. The van der Waals surface area contributed by atoms with Gasteiger partial charge in [-0.15, -0.1) is 0 Å². The number of benzene rings is 3. The van der Waals surface area contributed by atoms with Crippen LogP contribution in [0, 0.1) is 16.7 Å². The molecule has 1 heterocycles. The highest BCUT2D eigenvalue weighted by molar-refractivity contribution is 7.09. The highest BCUT2D eigenvalue weighted by Crippen LogP contribution is 2.65. The number of ketones is 1. The smallest absolute Gasteiger partial charge is 0.338 e. The van der Waals surface area contributed by atoms with E-state index in [9.17, 15) is 34.2 Å². The number of rotatable bonds is 11. The zero-order valence-corrected chi connectivity index (χ0v) is 36.9. The number of Topliss-reactive ketones (excluding diaryl/α,β-unsaturated/α-hetero) is 1. The topological polar surface area (TPSA) is 210 Å². The van der Waals surface area contributed by atoms with E-state index in [1.807, 2.05) is 0 Å². The number of aliphatic hydroxyl groups is 2. The largest absolute Gasteiger partial charge is 0.456 e. The quantitative estimate of drug-likeness (QED) is 0.105. The SMILES string of the molecule is CC(=O)OC1C(=O)[C@]2(C)C(OP)CC3OCC3(OC(C)=O)C2C(OC(=O)c2ccccc2)C2(O)CC(OC(=O)C(O)C(NC(=O)c3ccccc3)c3ccccc3)C(C)=C1C2(C)C. The van der Waals surface area contributed by atoms with E-state index in [1.165, 1.54) is 19.1 Å². The van der Waals surface area contributed by atoms with Crippen LogP contribution in [-0.4, -0.2) is 100 Å². The third-order valence-corrected chi connectivity index (χ3v) is 13.9. The van der Waals surface area contributed by atoms with Gasteiger partial charge in [-0.25, -0.2) is 9.59 Å². The molecule has 16 heteroatoms. The second-order valence-electron chi connectivity index (χ2n) is 17.5. The minimum Gasteiger partial charge on any atom is -0.456 e. The molecule has 3 N–H and O–H groups in total. The number of hydrogen-bond acceptors (Lipinski definition) is 14. The van der Waals surface area contributed by atoms with E-state index in [4.69, 9.17) is 28.2 Å². The molecule has 3 aliphatic carbocycles. The molecule has 1 saturated heterocycles. The van der Waals surface area contributed by atoms with Crippen LogP contribution in [0.25, 0.3) is 0 Å². The Morgan fingerprint density at radius 2 is 1.43 bits per heavy atom. The summed E-state index contributed by atoms with van der Waals surface area (Å²) in [6.45, 7) is 8.34. The summed E-state index contributed by atoms with van der Waals surface area (Å²) in [5.41, 5.74) is -6.51. The third-order valence-electron chi connectivity index (χ3n) is 13.6. The van der Waals surface area contributed by atoms with Gasteiger partial charge in [0.1, 0.15) is 23.9 Å². The minimum absolute atomic E-state index is 0.0169. The van der Waals surface area contributed by atoms with Crippen molar-refractivity contribution in [3.8, 4) is 0 Å². The van der Waals surface area contributed by atoms with E-state index in [0.29, 0.717) is 5.56 Å². The van der Waals surface area contributed by atoms with Crippen molar-refractivity contribution in [3.05, 3.63) is 119 Å². The van der Waals surface area contributed by atoms with Gasteiger partial charge in [0.2, 0.25) is 0 Å². The van der Waals surface area contributed by atoms with Gasteiger partial charge in [0.15, 0.2) is 23.6 Å². The van der Waals surface area contributed by atoms with Gasteiger partial charge in [-0.3, -0.25) is 19.2 Å². The molecule has 0 radical (unpaired) electrons. The van der Waals surface area contributed by atoms with Crippen LogP contribution in [0.5, 0.6) is 0 Å². The Kier molecular flexibility index (Phi) is 12.6. The van der Waals surface area contributed by atoms with Gasteiger partial charge in [0, 0.05) is 47.1 Å². The summed E-state index contributed by atoms with van der Waals surface area (Å²) >= 11 is 0. The Labute approximate surface area is 367 Å². The van der Waals surface area contributed by atoms with Crippen LogP contribution in [0.15, 0.2) is 102 Å². The first kappa shape index (κ1) is 45.7. The summed E-state index contributed by atoms with van der Waals surface area (Å²) in [5, 5.41) is 28.3. The Morgan fingerprint density at radius 3 is 1.97 bits per heavy atom. The number of ether oxygens (including phenoxy) is 5. The average Bonchev–Trinajstić information content (AvgIpc) is 3.25. The first-order valence-corrected chi connectivity index (χ1v) is 21.2. The third kappa shape index (κ3) is 7.77. The number of amides is 1. The van der Waals surface area contributed by atoms with Gasteiger partial charge in [-0.1, -0.05) is 80.6 Å². The van der Waals surface area contributed by atoms with Gasteiger partial charge < -0.3 is 43.7 Å². The number of carbonyl (C=O) groups excluding carboxylic acids is 6. The molecule has 2 saturated carbocycles. The second kappa shape index (κ2) is 17.3. The fourth-order valence-electron chi connectivity index (χ4n) is 10.4. The lowest BCUT2D eigenvalue weighted by Gasteiger charge is -2.67. The van der Waals surface area contributed by atoms with Crippen molar-refractivity contribution >= 4 is 45.0 Å². The Morgan fingerprint density at radius 1 is 0.841 bits per heavy atom. The van der Waals surface area contributed by atoms with Gasteiger partial charge in [0.05, 0.1) is 35.6 Å². The summed E-state index contributed by atoms with van der Waals surface area (Å²) in [4.78, 5) is 84.1. The van der Waals surface area contributed by atoms with Crippen molar-refractivity contribution in [2.45, 2.75) is 108 Å². The van der Waals surface area contributed by atoms with Gasteiger partial charge in [-0.05, 0) is 54.8 Å². The van der Waals surface area contributed by atoms with Crippen molar-refractivity contribution in [1.29, 1.82) is 0 Å². The molecule has 7 rings (SSSR count). The van der Waals surface area contributed by atoms with Gasteiger partial charge >= 0.3 is 23.9 Å². The fourth-order valence-corrected chi connectivity index (χ4v) is 10.8. The van der Waals surface area contributed by atoms with E-state index in [2.05, 4.69) is 14.8 Å². The molecule has 3 aromatic carbocycles. The van der Waals surface area contributed by atoms with Crippen LogP contribution in [0.1, 0.15) is 86.7 Å². The number of fused-ring (bicyclic) bond motifs is 5. The van der Waals surface area contributed by atoms with Crippen molar-refractivity contribution in [2.75, 3.05) is 6.61 Å². The van der Waals surface area contributed by atoms with Crippen LogP contribution in [-0.2, 0) is 47.4 Å². The highest BCUT2D eigenvalue weighted by atomic mass is 31.0. The monoisotopic (exact) mass is 885 g/mol. The summed E-state index contributed by atoms with van der Waals surface area (Å²) in [7, 11) is 2.15. The second-order valence-corrected chi connectivity index (χ2v) is 17.7. The number of carbonyl (C=O) groups is 6. The van der Waals surface area contributed by atoms with Crippen LogP contribution in [0.4, 0.5) is 0 Å². The molecule has 11 unspecified atom stereocenters. The van der Waals surface area contributed by atoms with Crippen molar-refractivity contribution in [3.63, 3.8) is 0 Å². The standard InChI is InChI=1S/C47H52NO14P/c1-25-31(59-43(55)36(51)35(28-16-10-7-11-17-28)48-41(53)29-18-12-8-13-19-29)23-47(56)40(60-42(54)30-20-14-9-15-21-30)38-45(6,39(52)37(58-26(2)49)34(25)44(47,4)5)32(62-63)22-33-46(38,24-57-33)61-27(3)50/h7-21,31-33,35-38,40,51,56H,22-24,63H2,1-6H3,(H,48,53)/t31?,32?,33?,35?,36?,37?,38?,40?,45-,46?,47?/m1/s1. The number of hydrogen-bond donors (Lipinski definition) is 3. The van der Waals surface area contributed by atoms with Crippen molar-refractivity contribution in [1.82, 2.24) is 5.32 Å². The predicted molar refractivity (Wildman–Crippen MR) is 226 cm³/mol. The van der Waals surface area contributed by atoms with E-state index in [0.717, 1.165) is 6.92 Å². The molecular formula is C47H52NO14P. The molecular weight excluding hydrogens is 833 g/mol. The first-order valence-electron chi connectivity index (χ1n) is 20.7. The average molecular weight is 886 g/mol. The van der Waals surface area contributed by atoms with Crippen LogP contribution < -0.4 is 5.32 Å². The predicted octanol–water partition coefficient (Wildman–Crippen LogP) is 4.55. The normalized spacial score (nSPS) is 31.5. The lowest BCUT2D eigenvalue weighted by Crippen LogP contribution is -2.82. The summed E-state index contributed by atoms with van der Waals surface area (Å²) in [5.74, 6) is -6.44. The molecule has 63 heavy (non-hydrogen) atoms. The molecule has 3 fully saturated rings. The molecule has 1 aliphatic heterocycles. The van der Waals surface area contributed by atoms with Crippen molar-refractivity contribution < 1.29 is 67.2 Å². The lowest BCUT2D eigenvalue weighted by molar-refractivity contribution is -0.343. The maximum absolute atomic E-state index is 15.7. The first-order chi connectivity index (χ1) is 29.8. The number of esters is 4. The van der Waals surface area contributed by atoms with Gasteiger partial charge in [-0.2, -0.15) is 0 Å². The maximum atomic E-state index is 15.7. The molecule has 15 nitrogen and oxygen atoms in total. The number of nitrogens with one attached hydrogen (secondary N) is 1. The lowest BCUT2D eigenvalue weighted by atomic mass is 9.44. The Hall–Kier alpha value is -5.31. The molecule has 12 atom stereocenters. The Bertz CT molecular complexity index is 2310. The summed E-state index contributed by atoms with van der Waals surface area (Å²) in [6, 6.07) is 23.2. The molecule has 4 aliphatic rings. The maximum Gasteiger partial charge on any atom is 0.338 e. The number of aliphatic hydroxyl groups excluding tert-OH is 1. The van der Waals surface area contributed by atoms with E-state index < -0.39 is 113 Å². The van der Waals surface area contributed by atoms with E-state index in [-0.39, 0.29) is 35.3 Å². The fraction of sp³-hybridized carbons (Fsp3) is 0.447. The summed E-state index contributed by atoms with van der Waals surface area (Å²) in [6.07, 6.45) is -9.43.